The number of piperidine rings is 1. The Labute approximate surface area is 187 Å². The summed E-state index contributed by atoms with van der Waals surface area (Å²) in [4.78, 5) is 31.9. The van der Waals surface area contributed by atoms with Crippen LogP contribution >= 0.6 is 0 Å². The van der Waals surface area contributed by atoms with Gasteiger partial charge in [-0.1, -0.05) is 61.9 Å². The zero-order chi connectivity index (χ0) is 22.4. The van der Waals surface area contributed by atoms with Crippen molar-refractivity contribution in [3.63, 3.8) is 0 Å². The number of rotatable bonds is 5. The van der Waals surface area contributed by atoms with Gasteiger partial charge in [0.1, 0.15) is 5.92 Å². The third-order valence-corrected chi connectivity index (χ3v) is 7.38. The number of nitrogens with zero attached hydrogens (tertiary/aromatic N) is 1. The second-order valence-electron chi connectivity index (χ2n) is 8.79. The SMILES string of the molecule is CCC1[C@@H]2CC(=O)N([C@@H](CO)c3ccccc3)[C@H]1c1c([nH]c3ccccc13)[C@@H]2C(=O)OC. The molecular formula is C26H28N2O4. The molecular weight excluding hydrogens is 404 g/mol. The van der Waals surface area contributed by atoms with Crippen molar-refractivity contribution < 1.29 is 19.4 Å². The molecule has 5 atom stereocenters. The minimum atomic E-state index is -0.501. The molecule has 1 aromatic heterocycles. The Morgan fingerprint density at radius 2 is 1.91 bits per heavy atom. The van der Waals surface area contributed by atoms with Crippen LogP contribution in [0.4, 0.5) is 0 Å². The minimum Gasteiger partial charge on any atom is -0.468 e. The predicted molar refractivity (Wildman–Crippen MR) is 121 cm³/mol. The Balaban J connectivity index is 1.76. The molecule has 2 heterocycles. The lowest BCUT2D eigenvalue weighted by Crippen LogP contribution is -2.53. The van der Waals surface area contributed by atoms with Gasteiger partial charge in [0.2, 0.25) is 5.91 Å². The number of para-hydroxylation sites is 1. The molecule has 6 heteroatoms. The lowest BCUT2D eigenvalue weighted by molar-refractivity contribution is -0.156. The Morgan fingerprint density at radius 1 is 1.19 bits per heavy atom. The van der Waals surface area contributed by atoms with E-state index in [-0.39, 0.29) is 42.8 Å². The van der Waals surface area contributed by atoms with Crippen molar-refractivity contribution in [2.24, 2.45) is 11.8 Å². The summed E-state index contributed by atoms with van der Waals surface area (Å²) in [5, 5.41) is 11.4. The number of carbonyl (C=O) groups excluding carboxylic acids is 2. The van der Waals surface area contributed by atoms with Gasteiger partial charge in [-0.15, -0.1) is 0 Å². The molecule has 1 aliphatic heterocycles. The van der Waals surface area contributed by atoms with E-state index in [0.717, 1.165) is 34.1 Å². The molecule has 0 saturated carbocycles. The van der Waals surface area contributed by atoms with Gasteiger partial charge in [0.05, 0.1) is 25.8 Å². The molecule has 3 aromatic rings. The van der Waals surface area contributed by atoms with Crippen LogP contribution in [0.15, 0.2) is 54.6 Å². The fourth-order valence-corrected chi connectivity index (χ4v) is 6.08. The molecule has 1 fully saturated rings. The van der Waals surface area contributed by atoms with E-state index in [1.165, 1.54) is 7.11 Å². The number of ether oxygens (including phenoxy) is 1. The first-order chi connectivity index (χ1) is 15.6. The lowest BCUT2D eigenvalue weighted by atomic mass is 9.63. The van der Waals surface area contributed by atoms with E-state index >= 15 is 0 Å². The molecule has 5 rings (SSSR count). The first-order valence-electron chi connectivity index (χ1n) is 11.3. The van der Waals surface area contributed by atoms with Crippen LogP contribution in [0.3, 0.4) is 0 Å². The zero-order valence-electron chi connectivity index (χ0n) is 18.3. The molecule has 2 aromatic carbocycles. The number of aliphatic hydroxyl groups is 1. The van der Waals surface area contributed by atoms with Crippen LogP contribution in [0, 0.1) is 11.8 Å². The highest BCUT2D eigenvalue weighted by Crippen LogP contribution is 2.57. The van der Waals surface area contributed by atoms with Crippen molar-refractivity contribution >= 4 is 22.8 Å². The molecule has 1 unspecified atom stereocenters. The van der Waals surface area contributed by atoms with Gasteiger partial charge in [0, 0.05) is 28.6 Å². The fraction of sp³-hybridized carbons (Fsp3) is 0.385. The average molecular weight is 433 g/mol. The van der Waals surface area contributed by atoms with Crippen LogP contribution in [0.25, 0.3) is 10.9 Å². The summed E-state index contributed by atoms with van der Waals surface area (Å²) in [5.41, 5.74) is 3.69. The van der Waals surface area contributed by atoms with Crippen LogP contribution in [0.5, 0.6) is 0 Å². The number of nitrogens with one attached hydrogen (secondary N) is 1. The molecule has 2 bridgehead atoms. The second kappa shape index (κ2) is 8.10. The van der Waals surface area contributed by atoms with Crippen molar-refractivity contribution in [3.8, 4) is 0 Å². The lowest BCUT2D eigenvalue weighted by Gasteiger charge is -2.52. The summed E-state index contributed by atoms with van der Waals surface area (Å²) in [5.74, 6) is -0.891. The smallest absolute Gasteiger partial charge is 0.314 e. The highest BCUT2D eigenvalue weighted by Gasteiger charge is 2.55. The second-order valence-corrected chi connectivity index (χ2v) is 8.79. The number of aromatic amines is 1. The molecule has 0 spiro atoms. The molecule has 1 aliphatic carbocycles. The van der Waals surface area contributed by atoms with Crippen LogP contribution in [0.1, 0.15) is 54.6 Å². The number of carbonyl (C=O) groups is 2. The molecule has 2 N–H and O–H groups in total. The van der Waals surface area contributed by atoms with Crippen molar-refractivity contribution in [1.29, 1.82) is 0 Å². The van der Waals surface area contributed by atoms with Crippen LogP contribution in [-0.4, -0.2) is 40.6 Å². The zero-order valence-corrected chi connectivity index (χ0v) is 18.3. The van der Waals surface area contributed by atoms with Crippen molar-refractivity contribution in [2.45, 2.75) is 37.8 Å². The maximum absolute atomic E-state index is 13.6. The standard InChI is InChI=1S/C26H28N2O4/c1-3-16-18-13-21(30)28(20(14-29)15-9-5-4-6-10-15)25(16)22-17-11-7-8-12-19(17)27-24(22)23(18)26(31)32-2/h4-12,16,18,20,23,25,27,29H,3,13-14H2,1-2H3/t16?,18-,20-,23+,25+/m0/s1. The normalized spacial score (nSPS) is 25.5. The van der Waals surface area contributed by atoms with Crippen LogP contribution < -0.4 is 0 Å². The first kappa shape index (κ1) is 20.8. The molecule has 32 heavy (non-hydrogen) atoms. The van der Waals surface area contributed by atoms with Crippen LogP contribution in [0.2, 0.25) is 0 Å². The van der Waals surface area contributed by atoms with Gasteiger partial charge < -0.3 is 19.7 Å². The number of amides is 1. The van der Waals surface area contributed by atoms with Gasteiger partial charge in [-0.2, -0.15) is 0 Å². The summed E-state index contributed by atoms with van der Waals surface area (Å²) in [6.07, 6.45) is 1.07. The monoisotopic (exact) mass is 432 g/mol. The van der Waals surface area contributed by atoms with Gasteiger partial charge >= 0.3 is 5.97 Å². The molecule has 0 radical (unpaired) electrons. The summed E-state index contributed by atoms with van der Waals surface area (Å²) in [6.45, 7) is 1.95. The summed E-state index contributed by atoms with van der Waals surface area (Å²) >= 11 is 0. The number of hydrogen-bond donors (Lipinski definition) is 2. The number of benzene rings is 2. The van der Waals surface area contributed by atoms with E-state index in [4.69, 9.17) is 4.74 Å². The van der Waals surface area contributed by atoms with Gasteiger partial charge in [-0.25, -0.2) is 0 Å². The maximum Gasteiger partial charge on any atom is 0.314 e. The van der Waals surface area contributed by atoms with Gasteiger partial charge in [0.25, 0.3) is 0 Å². The Hall–Kier alpha value is -3.12. The minimum absolute atomic E-state index is 0.0302. The first-order valence-corrected chi connectivity index (χ1v) is 11.3. The number of aromatic nitrogens is 1. The topological polar surface area (TPSA) is 82.6 Å². The molecule has 2 aliphatic rings. The third kappa shape index (κ3) is 2.97. The van der Waals surface area contributed by atoms with E-state index in [2.05, 4.69) is 11.9 Å². The summed E-state index contributed by atoms with van der Waals surface area (Å²) in [6, 6.07) is 17.0. The van der Waals surface area contributed by atoms with E-state index < -0.39 is 12.0 Å². The number of likely N-dealkylation sites (tertiary alicyclic amines) is 1. The van der Waals surface area contributed by atoms with Crippen molar-refractivity contribution in [1.82, 2.24) is 9.88 Å². The number of fused-ring (bicyclic) bond motifs is 6. The van der Waals surface area contributed by atoms with Crippen LogP contribution in [-0.2, 0) is 14.3 Å². The van der Waals surface area contributed by atoms with E-state index in [0.29, 0.717) is 0 Å². The average Bonchev–Trinajstić information content (AvgIpc) is 3.20. The molecule has 166 valence electrons. The van der Waals surface area contributed by atoms with E-state index in [1.807, 2.05) is 59.5 Å². The third-order valence-electron chi connectivity index (χ3n) is 7.38. The number of H-pyrrole nitrogens is 1. The molecule has 6 nitrogen and oxygen atoms in total. The molecule has 1 saturated heterocycles. The summed E-state index contributed by atoms with van der Waals surface area (Å²) in [7, 11) is 1.41. The maximum atomic E-state index is 13.6. The van der Waals surface area contributed by atoms with E-state index in [9.17, 15) is 14.7 Å². The Bertz CT molecular complexity index is 1160. The number of esters is 1. The number of aliphatic hydroxyl groups excluding tert-OH is 1. The Morgan fingerprint density at radius 3 is 2.59 bits per heavy atom. The highest BCUT2D eigenvalue weighted by molar-refractivity contribution is 5.92. The highest BCUT2D eigenvalue weighted by atomic mass is 16.5. The quantitative estimate of drug-likeness (QED) is 0.595. The van der Waals surface area contributed by atoms with Crippen molar-refractivity contribution in [3.05, 3.63) is 71.4 Å². The summed E-state index contributed by atoms with van der Waals surface area (Å²) < 4.78 is 5.20. The van der Waals surface area contributed by atoms with Crippen molar-refractivity contribution in [2.75, 3.05) is 13.7 Å². The van der Waals surface area contributed by atoms with E-state index in [1.54, 1.807) is 0 Å². The van der Waals surface area contributed by atoms with Gasteiger partial charge in [-0.05, 0) is 23.5 Å². The predicted octanol–water partition coefficient (Wildman–Crippen LogP) is 4.09. The number of hydrogen-bond acceptors (Lipinski definition) is 4. The number of methoxy groups -OCH3 is 1. The fourth-order valence-electron chi connectivity index (χ4n) is 6.08. The van der Waals surface area contributed by atoms with Gasteiger partial charge in [0.15, 0.2) is 0 Å². The molecule has 1 amide bonds. The largest absolute Gasteiger partial charge is 0.468 e. The van der Waals surface area contributed by atoms with Gasteiger partial charge in [-0.3, -0.25) is 9.59 Å². The Kier molecular flexibility index (Phi) is 5.25.